The van der Waals surface area contributed by atoms with E-state index in [0.717, 1.165) is 28.5 Å². The van der Waals surface area contributed by atoms with Gasteiger partial charge in [0, 0.05) is 29.5 Å². The van der Waals surface area contributed by atoms with Gasteiger partial charge < -0.3 is 5.32 Å². The van der Waals surface area contributed by atoms with E-state index >= 15 is 0 Å². The minimum absolute atomic E-state index is 0.0104. The third-order valence-corrected chi connectivity index (χ3v) is 4.66. The highest BCUT2D eigenvalue weighted by molar-refractivity contribution is 7.09. The highest BCUT2D eigenvalue weighted by Crippen LogP contribution is 2.23. The van der Waals surface area contributed by atoms with Gasteiger partial charge in [0.15, 0.2) is 0 Å². The Kier molecular flexibility index (Phi) is 5.24. The molecule has 6 heteroatoms. The van der Waals surface area contributed by atoms with E-state index in [-0.39, 0.29) is 17.4 Å². The van der Waals surface area contributed by atoms with Crippen LogP contribution in [0.5, 0.6) is 0 Å². The number of carbonyl (C=O) groups excluding carboxylic acids is 1. The molecule has 1 amide bonds. The number of nitrogens with zero attached hydrogens (tertiary/aromatic N) is 3. The predicted octanol–water partition coefficient (Wildman–Crippen LogP) is 3.17. The molecule has 0 aliphatic rings. The fraction of sp³-hybridized carbons (Fsp3) is 0.588. The molecule has 0 unspecified atom stereocenters. The van der Waals surface area contributed by atoms with Crippen LogP contribution in [0.3, 0.4) is 0 Å². The summed E-state index contributed by atoms with van der Waals surface area (Å²) in [5, 5.41) is 10.5. The van der Waals surface area contributed by atoms with Crippen molar-refractivity contribution in [2.45, 2.75) is 59.4 Å². The van der Waals surface area contributed by atoms with Crippen LogP contribution in [0.4, 0.5) is 0 Å². The molecule has 0 aliphatic heterocycles. The molecule has 1 N–H and O–H groups in total. The van der Waals surface area contributed by atoms with Gasteiger partial charge in [0.2, 0.25) is 5.91 Å². The molecule has 0 fully saturated rings. The monoisotopic (exact) mass is 334 g/mol. The van der Waals surface area contributed by atoms with Crippen LogP contribution < -0.4 is 5.32 Å². The summed E-state index contributed by atoms with van der Waals surface area (Å²) in [5.41, 5.74) is 3.11. The molecule has 0 saturated carbocycles. The van der Waals surface area contributed by atoms with E-state index in [9.17, 15) is 4.79 Å². The van der Waals surface area contributed by atoms with Crippen molar-refractivity contribution in [3.63, 3.8) is 0 Å². The summed E-state index contributed by atoms with van der Waals surface area (Å²) in [6.45, 7) is 12.8. The molecule has 0 radical (unpaired) electrons. The third-order valence-electron chi connectivity index (χ3n) is 3.75. The van der Waals surface area contributed by atoms with Gasteiger partial charge in [-0.25, -0.2) is 4.98 Å². The summed E-state index contributed by atoms with van der Waals surface area (Å²) < 4.78 is 1.77. The second-order valence-corrected chi connectivity index (χ2v) is 7.91. The largest absolute Gasteiger partial charge is 0.354 e. The lowest BCUT2D eigenvalue weighted by Gasteiger charge is -2.15. The van der Waals surface area contributed by atoms with E-state index in [1.807, 2.05) is 26.8 Å². The Morgan fingerprint density at radius 3 is 2.61 bits per heavy atom. The fourth-order valence-corrected chi connectivity index (χ4v) is 3.38. The summed E-state index contributed by atoms with van der Waals surface area (Å²) in [6, 6.07) is 1.68. The van der Waals surface area contributed by atoms with Crippen LogP contribution >= 0.6 is 11.3 Å². The predicted molar refractivity (Wildman–Crippen MR) is 93.9 cm³/mol. The van der Waals surface area contributed by atoms with E-state index in [1.165, 1.54) is 0 Å². The molecule has 0 saturated heterocycles. The molecule has 0 spiro atoms. The lowest BCUT2D eigenvalue weighted by atomic mass is 9.93. The van der Waals surface area contributed by atoms with Crippen molar-refractivity contribution in [1.29, 1.82) is 0 Å². The molecular formula is C17H26N4OS. The molecule has 126 valence electrons. The van der Waals surface area contributed by atoms with Crippen molar-refractivity contribution in [2.24, 2.45) is 0 Å². The van der Waals surface area contributed by atoms with E-state index in [0.29, 0.717) is 6.54 Å². The number of hydrogen-bond acceptors (Lipinski definition) is 4. The maximum atomic E-state index is 12.3. The third kappa shape index (κ3) is 4.41. The smallest absolute Gasteiger partial charge is 0.244 e. The molecule has 23 heavy (non-hydrogen) atoms. The number of rotatable bonds is 5. The zero-order valence-electron chi connectivity index (χ0n) is 14.8. The van der Waals surface area contributed by atoms with Crippen LogP contribution in [0.15, 0.2) is 11.4 Å². The lowest BCUT2D eigenvalue weighted by Crippen LogP contribution is -2.33. The molecule has 0 aromatic carbocycles. The Morgan fingerprint density at radius 2 is 2.09 bits per heavy atom. The average molecular weight is 334 g/mol. The van der Waals surface area contributed by atoms with Gasteiger partial charge in [0.25, 0.3) is 0 Å². The molecule has 1 atom stereocenters. The molecular weight excluding hydrogens is 308 g/mol. The molecule has 2 aromatic heterocycles. The second kappa shape index (κ2) is 6.83. The van der Waals surface area contributed by atoms with Crippen molar-refractivity contribution < 1.29 is 4.79 Å². The Bertz CT molecular complexity index is 681. The second-order valence-electron chi connectivity index (χ2n) is 6.97. The van der Waals surface area contributed by atoms with Gasteiger partial charge in [-0.05, 0) is 26.8 Å². The van der Waals surface area contributed by atoms with Crippen LogP contribution in [0, 0.1) is 13.8 Å². The normalized spacial score (nSPS) is 13.1. The number of carbonyl (C=O) groups is 1. The highest BCUT2D eigenvalue weighted by atomic mass is 32.1. The van der Waals surface area contributed by atoms with Crippen LogP contribution in [0.1, 0.15) is 55.8 Å². The topological polar surface area (TPSA) is 59.8 Å². The zero-order valence-corrected chi connectivity index (χ0v) is 15.6. The Labute approximate surface area is 142 Å². The first-order valence-electron chi connectivity index (χ1n) is 7.94. The maximum Gasteiger partial charge on any atom is 0.244 e. The van der Waals surface area contributed by atoms with Crippen molar-refractivity contribution >= 4 is 17.2 Å². The average Bonchev–Trinajstić information content (AvgIpc) is 3.04. The maximum absolute atomic E-state index is 12.3. The van der Waals surface area contributed by atoms with Gasteiger partial charge in [0.1, 0.15) is 6.04 Å². The number of nitrogens with one attached hydrogen (secondary N) is 1. The molecule has 5 nitrogen and oxygen atoms in total. The van der Waals surface area contributed by atoms with Crippen molar-refractivity contribution in [2.75, 3.05) is 6.54 Å². The summed E-state index contributed by atoms with van der Waals surface area (Å²) >= 11 is 1.66. The number of aromatic nitrogens is 3. The minimum atomic E-state index is -0.301. The van der Waals surface area contributed by atoms with Gasteiger partial charge in [0.05, 0.1) is 16.4 Å². The SMILES string of the molecule is Cc1cc(C)n([C@@H](C)C(=O)NCCc2nc(C(C)(C)C)cs2)n1. The van der Waals surface area contributed by atoms with Crippen molar-refractivity contribution in [3.8, 4) is 0 Å². The molecule has 0 bridgehead atoms. The van der Waals surface area contributed by atoms with Crippen molar-refractivity contribution in [1.82, 2.24) is 20.1 Å². The highest BCUT2D eigenvalue weighted by Gasteiger charge is 2.19. The number of amides is 1. The van der Waals surface area contributed by atoms with Gasteiger partial charge >= 0.3 is 0 Å². The van der Waals surface area contributed by atoms with Gasteiger partial charge in [-0.15, -0.1) is 11.3 Å². The van der Waals surface area contributed by atoms with E-state index in [4.69, 9.17) is 0 Å². The standard InChI is InChI=1S/C17H26N4OS/c1-11-9-12(2)21(20-11)13(3)16(22)18-8-7-15-19-14(10-23-15)17(4,5)6/h9-10,13H,7-8H2,1-6H3,(H,18,22)/t13-/m0/s1. The number of thiazole rings is 1. The molecule has 2 aromatic rings. The number of aryl methyl sites for hydroxylation is 2. The Hall–Kier alpha value is -1.69. The van der Waals surface area contributed by atoms with Gasteiger partial charge in [-0.2, -0.15) is 5.10 Å². The first-order valence-corrected chi connectivity index (χ1v) is 8.82. The van der Waals surface area contributed by atoms with Crippen LogP contribution in [0.2, 0.25) is 0 Å². The van der Waals surface area contributed by atoms with E-state index in [2.05, 4.69) is 41.6 Å². The summed E-state index contributed by atoms with van der Waals surface area (Å²) in [7, 11) is 0. The van der Waals surface area contributed by atoms with Crippen LogP contribution in [-0.4, -0.2) is 27.2 Å². The first-order chi connectivity index (χ1) is 10.7. The Balaban J connectivity index is 1.87. The van der Waals surface area contributed by atoms with E-state index in [1.54, 1.807) is 16.0 Å². The minimum Gasteiger partial charge on any atom is -0.354 e. The summed E-state index contributed by atoms with van der Waals surface area (Å²) in [5.74, 6) is -0.0104. The molecule has 2 heterocycles. The molecule has 2 rings (SSSR count). The lowest BCUT2D eigenvalue weighted by molar-refractivity contribution is -0.124. The first kappa shape index (κ1) is 17.7. The van der Waals surface area contributed by atoms with Gasteiger partial charge in [-0.3, -0.25) is 9.48 Å². The fourth-order valence-electron chi connectivity index (χ4n) is 2.36. The quantitative estimate of drug-likeness (QED) is 0.913. The van der Waals surface area contributed by atoms with Crippen molar-refractivity contribution in [3.05, 3.63) is 33.5 Å². The molecule has 0 aliphatic carbocycles. The number of hydrogen-bond donors (Lipinski definition) is 1. The van der Waals surface area contributed by atoms with E-state index < -0.39 is 0 Å². The zero-order chi connectivity index (χ0) is 17.2. The van der Waals surface area contributed by atoms with Crippen LogP contribution in [0.25, 0.3) is 0 Å². The Morgan fingerprint density at radius 1 is 1.39 bits per heavy atom. The summed E-state index contributed by atoms with van der Waals surface area (Å²) in [4.78, 5) is 16.9. The van der Waals surface area contributed by atoms with Gasteiger partial charge in [-0.1, -0.05) is 20.8 Å². The van der Waals surface area contributed by atoms with Crippen LogP contribution in [-0.2, 0) is 16.6 Å². The summed E-state index contributed by atoms with van der Waals surface area (Å²) in [6.07, 6.45) is 0.760.